The number of likely N-dealkylation sites (N-methyl/N-ethyl adjacent to an activating group) is 1. The van der Waals surface area contributed by atoms with Crippen molar-refractivity contribution in [3.8, 4) is 0 Å². The van der Waals surface area contributed by atoms with Gasteiger partial charge in [0.2, 0.25) is 5.91 Å². The van der Waals surface area contributed by atoms with E-state index in [1.54, 1.807) is 0 Å². The average Bonchev–Trinajstić information content (AvgIpc) is 2.27. The number of nitrogens with one attached hydrogen (secondary N) is 2. The van der Waals surface area contributed by atoms with E-state index in [9.17, 15) is 4.79 Å². The molecule has 2 rings (SSSR count). The summed E-state index contributed by atoms with van der Waals surface area (Å²) >= 11 is 0. The Kier molecular flexibility index (Phi) is 4.12. The Morgan fingerprint density at radius 1 is 1.41 bits per heavy atom. The van der Waals surface area contributed by atoms with Gasteiger partial charge in [0, 0.05) is 24.8 Å². The van der Waals surface area contributed by atoms with Gasteiger partial charge in [-0.3, -0.25) is 9.69 Å². The molecule has 4 heteroatoms. The Morgan fingerprint density at radius 2 is 2.12 bits per heavy atom. The van der Waals surface area contributed by atoms with Crippen LogP contribution in [0.2, 0.25) is 0 Å². The van der Waals surface area contributed by atoms with Gasteiger partial charge in [-0.15, -0.1) is 0 Å². The van der Waals surface area contributed by atoms with Crippen molar-refractivity contribution >= 4 is 11.6 Å². The van der Waals surface area contributed by atoms with Crippen molar-refractivity contribution < 1.29 is 4.79 Å². The third-order valence-electron chi connectivity index (χ3n) is 3.09. The molecule has 1 heterocycles. The second-order valence-corrected chi connectivity index (χ2v) is 4.29. The molecule has 0 atom stereocenters. The summed E-state index contributed by atoms with van der Waals surface area (Å²) in [6.07, 6.45) is 0. The maximum absolute atomic E-state index is 11.9. The molecular weight excluding hydrogens is 214 g/mol. The van der Waals surface area contributed by atoms with Crippen LogP contribution >= 0.6 is 0 Å². The number of para-hydroxylation sites is 1. The molecule has 0 radical (unpaired) electrons. The van der Waals surface area contributed by atoms with Gasteiger partial charge in [-0.1, -0.05) is 25.1 Å². The van der Waals surface area contributed by atoms with Gasteiger partial charge in [0.05, 0.1) is 6.54 Å². The van der Waals surface area contributed by atoms with Crippen LogP contribution in [0.25, 0.3) is 0 Å². The van der Waals surface area contributed by atoms with Crippen molar-refractivity contribution in [2.24, 2.45) is 0 Å². The number of carbonyl (C=O) groups is 1. The second-order valence-electron chi connectivity index (χ2n) is 4.29. The van der Waals surface area contributed by atoms with Crippen LogP contribution in [0.3, 0.4) is 0 Å². The van der Waals surface area contributed by atoms with Crippen molar-refractivity contribution in [1.29, 1.82) is 0 Å². The molecule has 1 amide bonds. The topological polar surface area (TPSA) is 44.4 Å². The zero-order valence-electron chi connectivity index (χ0n) is 10.1. The highest BCUT2D eigenvalue weighted by Crippen LogP contribution is 2.07. The van der Waals surface area contributed by atoms with E-state index in [1.807, 2.05) is 30.3 Å². The molecule has 2 N–H and O–H groups in total. The van der Waals surface area contributed by atoms with Crippen LogP contribution in [-0.4, -0.2) is 43.0 Å². The summed E-state index contributed by atoms with van der Waals surface area (Å²) in [6.45, 7) is 5.46. The van der Waals surface area contributed by atoms with Gasteiger partial charge in [0.1, 0.15) is 0 Å². The fraction of sp³-hybridized carbons (Fsp3) is 0.462. The smallest absolute Gasteiger partial charge is 0.238 e. The molecule has 1 aliphatic heterocycles. The zero-order valence-corrected chi connectivity index (χ0v) is 10.1. The minimum Gasteiger partial charge on any atom is -0.325 e. The van der Waals surface area contributed by atoms with Crippen LogP contribution in [0.4, 0.5) is 5.69 Å². The highest BCUT2D eigenvalue weighted by molar-refractivity contribution is 5.92. The number of nitrogens with zero attached hydrogens (tertiary/aromatic N) is 1. The first kappa shape index (κ1) is 12.1. The Labute approximate surface area is 102 Å². The Balaban J connectivity index is 1.83. The highest BCUT2D eigenvalue weighted by Gasteiger charge is 2.24. The average molecular weight is 233 g/mol. The predicted octanol–water partition coefficient (Wildman–Crippen LogP) is 0.919. The monoisotopic (exact) mass is 233 g/mol. The zero-order chi connectivity index (χ0) is 12.1. The van der Waals surface area contributed by atoms with Crippen LogP contribution in [0, 0.1) is 0 Å². The number of hydrogen-bond donors (Lipinski definition) is 2. The minimum absolute atomic E-state index is 0.0601. The molecule has 4 nitrogen and oxygen atoms in total. The lowest BCUT2D eigenvalue weighted by atomic mass is 10.1. The lowest BCUT2D eigenvalue weighted by Gasteiger charge is -2.37. The third-order valence-corrected chi connectivity index (χ3v) is 3.09. The molecular formula is C13H19N3O. The van der Waals surface area contributed by atoms with E-state index in [2.05, 4.69) is 22.5 Å². The Hall–Kier alpha value is -1.39. The number of anilines is 1. The number of amides is 1. The highest BCUT2D eigenvalue weighted by atomic mass is 16.2. The summed E-state index contributed by atoms with van der Waals surface area (Å²) < 4.78 is 0. The first-order chi connectivity index (χ1) is 8.29. The van der Waals surface area contributed by atoms with Crippen molar-refractivity contribution in [1.82, 2.24) is 10.2 Å². The lowest BCUT2D eigenvalue weighted by molar-refractivity contribution is -0.118. The molecule has 0 spiro atoms. The molecule has 17 heavy (non-hydrogen) atoms. The largest absolute Gasteiger partial charge is 0.325 e. The van der Waals surface area contributed by atoms with Gasteiger partial charge < -0.3 is 10.6 Å². The van der Waals surface area contributed by atoms with E-state index in [-0.39, 0.29) is 5.91 Å². The van der Waals surface area contributed by atoms with Crippen LogP contribution in [-0.2, 0) is 4.79 Å². The SMILES string of the molecule is CCN(CC(=O)Nc1ccccc1)C1CNC1. The van der Waals surface area contributed by atoms with E-state index >= 15 is 0 Å². The van der Waals surface area contributed by atoms with Crippen LogP contribution in [0.15, 0.2) is 30.3 Å². The van der Waals surface area contributed by atoms with Crippen LogP contribution < -0.4 is 10.6 Å². The third kappa shape index (κ3) is 3.28. The summed E-state index contributed by atoms with van der Waals surface area (Å²) in [5.41, 5.74) is 0.861. The molecule has 1 aromatic rings. The normalized spacial score (nSPS) is 15.6. The Morgan fingerprint density at radius 3 is 2.65 bits per heavy atom. The fourth-order valence-corrected chi connectivity index (χ4v) is 1.94. The molecule has 1 aliphatic rings. The van der Waals surface area contributed by atoms with E-state index in [1.165, 1.54) is 0 Å². The molecule has 92 valence electrons. The summed E-state index contributed by atoms with van der Waals surface area (Å²) in [6, 6.07) is 10.1. The van der Waals surface area contributed by atoms with Crippen LogP contribution in [0.5, 0.6) is 0 Å². The van der Waals surface area contributed by atoms with Crippen LogP contribution in [0.1, 0.15) is 6.92 Å². The molecule has 0 aliphatic carbocycles. The van der Waals surface area contributed by atoms with Gasteiger partial charge in [-0.05, 0) is 18.7 Å². The predicted molar refractivity (Wildman–Crippen MR) is 69.0 cm³/mol. The van der Waals surface area contributed by atoms with Gasteiger partial charge >= 0.3 is 0 Å². The minimum atomic E-state index is 0.0601. The number of rotatable bonds is 5. The molecule has 1 aromatic carbocycles. The van der Waals surface area contributed by atoms with Gasteiger partial charge in [0.15, 0.2) is 0 Å². The summed E-state index contributed by atoms with van der Waals surface area (Å²) in [4.78, 5) is 14.1. The van der Waals surface area contributed by atoms with E-state index in [0.717, 1.165) is 25.3 Å². The van der Waals surface area contributed by atoms with Gasteiger partial charge in [-0.2, -0.15) is 0 Å². The van der Waals surface area contributed by atoms with Crippen molar-refractivity contribution in [2.45, 2.75) is 13.0 Å². The van der Waals surface area contributed by atoms with Gasteiger partial charge in [0.25, 0.3) is 0 Å². The molecule has 0 unspecified atom stereocenters. The summed E-state index contributed by atoms with van der Waals surface area (Å²) in [5.74, 6) is 0.0601. The van der Waals surface area contributed by atoms with E-state index in [4.69, 9.17) is 0 Å². The Bertz CT molecular complexity index is 362. The number of benzene rings is 1. The second kappa shape index (κ2) is 5.80. The fourth-order valence-electron chi connectivity index (χ4n) is 1.94. The van der Waals surface area contributed by atoms with E-state index in [0.29, 0.717) is 12.6 Å². The number of carbonyl (C=O) groups excluding carboxylic acids is 1. The van der Waals surface area contributed by atoms with Crippen molar-refractivity contribution in [3.63, 3.8) is 0 Å². The van der Waals surface area contributed by atoms with E-state index < -0.39 is 0 Å². The van der Waals surface area contributed by atoms with Crippen molar-refractivity contribution in [3.05, 3.63) is 30.3 Å². The molecule has 1 saturated heterocycles. The number of hydrogen-bond acceptors (Lipinski definition) is 3. The summed E-state index contributed by atoms with van der Waals surface area (Å²) in [7, 11) is 0. The molecule has 0 aromatic heterocycles. The van der Waals surface area contributed by atoms with Crippen molar-refractivity contribution in [2.75, 3.05) is 31.5 Å². The maximum atomic E-state index is 11.9. The molecule has 1 fully saturated rings. The molecule has 0 saturated carbocycles. The first-order valence-electron chi connectivity index (χ1n) is 6.09. The first-order valence-corrected chi connectivity index (χ1v) is 6.09. The maximum Gasteiger partial charge on any atom is 0.238 e. The lowest BCUT2D eigenvalue weighted by Crippen LogP contribution is -2.58. The summed E-state index contributed by atoms with van der Waals surface area (Å²) in [5, 5.41) is 6.13. The quantitative estimate of drug-likeness (QED) is 0.795. The molecule has 0 bridgehead atoms. The standard InChI is InChI=1S/C13H19N3O/c1-2-16(12-8-14-9-12)10-13(17)15-11-6-4-3-5-7-11/h3-7,12,14H,2,8-10H2,1H3,(H,15,17). The van der Waals surface area contributed by atoms with Gasteiger partial charge in [-0.25, -0.2) is 0 Å².